The normalized spacial score (nSPS) is 15.6. The summed E-state index contributed by atoms with van der Waals surface area (Å²) < 4.78 is 5.39. The number of furan rings is 1. The van der Waals surface area contributed by atoms with E-state index in [0.29, 0.717) is 12.6 Å². The fourth-order valence-corrected chi connectivity index (χ4v) is 1.82. The Morgan fingerprint density at radius 2 is 2.38 bits per heavy atom. The van der Waals surface area contributed by atoms with Crippen LogP contribution in [-0.4, -0.2) is 28.6 Å². The monoisotopic (exact) mass is 223 g/mol. The summed E-state index contributed by atoms with van der Waals surface area (Å²) in [4.78, 5) is 12.8. The highest BCUT2D eigenvalue weighted by atomic mass is 16.4. The van der Waals surface area contributed by atoms with Gasteiger partial charge >= 0.3 is 5.97 Å². The number of aryl methyl sites for hydroxylation is 1. The van der Waals surface area contributed by atoms with Crippen molar-refractivity contribution in [2.75, 3.05) is 6.54 Å². The Bertz CT molecular complexity index is 368. The van der Waals surface area contributed by atoms with Crippen molar-refractivity contribution in [1.29, 1.82) is 0 Å². The van der Waals surface area contributed by atoms with Gasteiger partial charge < -0.3 is 9.52 Å². The number of carboxylic acid groups (broad SMARTS) is 1. The molecule has 0 spiro atoms. The van der Waals surface area contributed by atoms with E-state index < -0.39 is 5.97 Å². The summed E-state index contributed by atoms with van der Waals surface area (Å²) in [5.41, 5.74) is 1.14. The van der Waals surface area contributed by atoms with Crippen LogP contribution in [0.5, 0.6) is 0 Å². The highest BCUT2D eigenvalue weighted by Gasteiger charge is 2.29. The van der Waals surface area contributed by atoms with Gasteiger partial charge in [-0.25, -0.2) is 0 Å². The third-order valence-corrected chi connectivity index (χ3v) is 2.99. The molecule has 0 aromatic carbocycles. The first-order valence-corrected chi connectivity index (χ1v) is 5.65. The van der Waals surface area contributed by atoms with E-state index in [2.05, 4.69) is 4.90 Å². The van der Waals surface area contributed by atoms with Crippen LogP contribution in [-0.2, 0) is 11.3 Å². The standard InChI is InChI=1S/C12H17NO3/c1-9-5-7-16-11(9)8-13(10-2-3-10)6-4-12(14)15/h5,7,10H,2-4,6,8H2,1H3,(H,14,15). The summed E-state index contributed by atoms with van der Waals surface area (Å²) in [5, 5.41) is 8.70. The van der Waals surface area contributed by atoms with E-state index >= 15 is 0 Å². The van der Waals surface area contributed by atoms with Crippen LogP contribution in [0.1, 0.15) is 30.6 Å². The molecule has 1 aliphatic rings. The lowest BCUT2D eigenvalue weighted by atomic mass is 10.2. The van der Waals surface area contributed by atoms with Gasteiger partial charge in [0, 0.05) is 12.6 Å². The second-order valence-corrected chi connectivity index (χ2v) is 4.37. The summed E-state index contributed by atoms with van der Waals surface area (Å²) in [6, 6.07) is 2.50. The summed E-state index contributed by atoms with van der Waals surface area (Å²) in [6.45, 7) is 3.36. The van der Waals surface area contributed by atoms with Gasteiger partial charge in [0.2, 0.25) is 0 Å². The number of nitrogens with zero attached hydrogens (tertiary/aromatic N) is 1. The van der Waals surface area contributed by atoms with Crippen LogP contribution in [0.3, 0.4) is 0 Å². The van der Waals surface area contributed by atoms with Crippen molar-refractivity contribution in [2.45, 2.75) is 38.8 Å². The summed E-state index contributed by atoms with van der Waals surface area (Å²) in [6.07, 6.45) is 4.25. The van der Waals surface area contributed by atoms with E-state index in [9.17, 15) is 4.79 Å². The van der Waals surface area contributed by atoms with E-state index in [0.717, 1.165) is 17.9 Å². The van der Waals surface area contributed by atoms with Crippen LogP contribution in [0.25, 0.3) is 0 Å². The second-order valence-electron chi connectivity index (χ2n) is 4.37. The Hall–Kier alpha value is -1.29. The maximum atomic E-state index is 10.6. The highest BCUT2D eigenvalue weighted by Crippen LogP contribution is 2.29. The van der Waals surface area contributed by atoms with E-state index in [1.165, 1.54) is 12.8 Å². The predicted octanol–water partition coefficient (Wildman–Crippen LogP) is 2.03. The van der Waals surface area contributed by atoms with Crippen LogP contribution in [0.2, 0.25) is 0 Å². The van der Waals surface area contributed by atoms with Crippen molar-refractivity contribution in [2.24, 2.45) is 0 Å². The van der Waals surface area contributed by atoms with Crippen molar-refractivity contribution in [1.82, 2.24) is 4.90 Å². The molecule has 4 nitrogen and oxygen atoms in total. The molecule has 16 heavy (non-hydrogen) atoms. The van der Waals surface area contributed by atoms with Gasteiger partial charge in [0.05, 0.1) is 19.2 Å². The molecule has 0 bridgehead atoms. The Morgan fingerprint density at radius 1 is 1.62 bits per heavy atom. The molecular weight excluding hydrogens is 206 g/mol. The first kappa shape index (κ1) is 11.2. The topological polar surface area (TPSA) is 53.7 Å². The zero-order chi connectivity index (χ0) is 11.5. The molecule has 1 saturated carbocycles. The quantitative estimate of drug-likeness (QED) is 0.801. The number of carbonyl (C=O) groups is 1. The molecule has 0 unspecified atom stereocenters. The van der Waals surface area contributed by atoms with Gasteiger partial charge in [0.1, 0.15) is 5.76 Å². The number of rotatable bonds is 6. The first-order valence-electron chi connectivity index (χ1n) is 5.65. The molecule has 1 aromatic rings. The number of aliphatic carboxylic acids is 1. The lowest BCUT2D eigenvalue weighted by Crippen LogP contribution is -2.28. The molecule has 1 aliphatic carbocycles. The van der Waals surface area contributed by atoms with Crippen LogP contribution in [0.4, 0.5) is 0 Å². The van der Waals surface area contributed by atoms with Crippen LogP contribution in [0, 0.1) is 6.92 Å². The van der Waals surface area contributed by atoms with Crippen molar-refractivity contribution >= 4 is 5.97 Å². The smallest absolute Gasteiger partial charge is 0.304 e. The molecule has 0 amide bonds. The lowest BCUT2D eigenvalue weighted by Gasteiger charge is -2.19. The Morgan fingerprint density at radius 3 is 2.88 bits per heavy atom. The molecule has 4 heteroatoms. The molecule has 1 aromatic heterocycles. The van der Waals surface area contributed by atoms with Gasteiger partial charge in [-0.15, -0.1) is 0 Å². The highest BCUT2D eigenvalue weighted by molar-refractivity contribution is 5.66. The van der Waals surface area contributed by atoms with Gasteiger partial charge in [0.15, 0.2) is 0 Å². The molecule has 1 N–H and O–H groups in total. The molecule has 1 fully saturated rings. The SMILES string of the molecule is Cc1ccoc1CN(CCC(=O)O)C1CC1. The van der Waals surface area contributed by atoms with Crippen LogP contribution >= 0.6 is 0 Å². The van der Waals surface area contributed by atoms with Crippen molar-refractivity contribution < 1.29 is 14.3 Å². The third kappa shape index (κ3) is 2.85. The summed E-state index contributed by atoms with van der Waals surface area (Å²) in [7, 11) is 0. The average Bonchev–Trinajstić information content (AvgIpc) is 2.99. The van der Waals surface area contributed by atoms with E-state index in [1.54, 1.807) is 6.26 Å². The number of hydrogen-bond donors (Lipinski definition) is 1. The molecule has 0 saturated heterocycles. The Labute approximate surface area is 94.9 Å². The van der Waals surface area contributed by atoms with Gasteiger partial charge in [-0.3, -0.25) is 9.69 Å². The number of carboxylic acids is 1. The average molecular weight is 223 g/mol. The Kier molecular flexibility index (Phi) is 3.29. The Balaban J connectivity index is 1.92. The third-order valence-electron chi connectivity index (χ3n) is 2.99. The van der Waals surface area contributed by atoms with Gasteiger partial charge in [-0.2, -0.15) is 0 Å². The van der Waals surface area contributed by atoms with Gasteiger partial charge in [0.25, 0.3) is 0 Å². The zero-order valence-corrected chi connectivity index (χ0v) is 9.48. The molecule has 1 heterocycles. The minimum Gasteiger partial charge on any atom is -0.481 e. The fraction of sp³-hybridized carbons (Fsp3) is 0.583. The largest absolute Gasteiger partial charge is 0.481 e. The first-order chi connectivity index (χ1) is 7.66. The zero-order valence-electron chi connectivity index (χ0n) is 9.48. The van der Waals surface area contributed by atoms with Crippen molar-refractivity contribution in [3.63, 3.8) is 0 Å². The van der Waals surface area contributed by atoms with E-state index in [1.807, 2.05) is 13.0 Å². The van der Waals surface area contributed by atoms with E-state index in [-0.39, 0.29) is 6.42 Å². The maximum absolute atomic E-state index is 10.6. The minimum atomic E-state index is -0.734. The molecule has 0 atom stereocenters. The van der Waals surface area contributed by atoms with Crippen molar-refractivity contribution in [3.8, 4) is 0 Å². The second kappa shape index (κ2) is 4.70. The fourth-order valence-electron chi connectivity index (χ4n) is 1.82. The molecular formula is C12H17NO3. The summed E-state index contributed by atoms with van der Waals surface area (Å²) >= 11 is 0. The van der Waals surface area contributed by atoms with Crippen LogP contribution < -0.4 is 0 Å². The van der Waals surface area contributed by atoms with Gasteiger partial charge in [-0.1, -0.05) is 0 Å². The minimum absolute atomic E-state index is 0.205. The predicted molar refractivity (Wildman–Crippen MR) is 59.1 cm³/mol. The molecule has 2 rings (SSSR count). The van der Waals surface area contributed by atoms with Gasteiger partial charge in [-0.05, 0) is 31.4 Å². The van der Waals surface area contributed by atoms with Crippen LogP contribution in [0.15, 0.2) is 16.7 Å². The van der Waals surface area contributed by atoms with E-state index in [4.69, 9.17) is 9.52 Å². The summed E-state index contributed by atoms with van der Waals surface area (Å²) in [5.74, 6) is 0.221. The molecule has 0 radical (unpaired) electrons. The maximum Gasteiger partial charge on any atom is 0.304 e. The number of hydrogen-bond acceptors (Lipinski definition) is 3. The van der Waals surface area contributed by atoms with Crippen molar-refractivity contribution in [3.05, 3.63) is 23.7 Å². The molecule has 88 valence electrons. The lowest BCUT2D eigenvalue weighted by molar-refractivity contribution is -0.137. The molecule has 0 aliphatic heterocycles.